The van der Waals surface area contributed by atoms with E-state index in [1.165, 1.54) is 0 Å². The summed E-state index contributed by atoms with van der Waals surface area (Å²) in [6.07, 6.45) is 2.00. The normalized spacial score (nSPS) is 28.9. The highest BCUT2D eigenvalue weighted by Gasteiger charge is 2.35. The first kappa shape index (κ1) is 14.6. The van der Waals surface area contributed by atoms with Gasteiger partial charge in [0.05, 0.1) is 0 Å². The lowest BCUT2D eigenvalue weighted by atomic mass is 9.96. The van der Waals surface area contributed by atoms with Crippen molar-refractivity contribution in [1.82, 2.24) is 15.5 Å². The largest absolute Gasteiger partial charge is 0.444 e. The van der Waals surface area contributed by atoms with Crippen LogP contribution in [0.5, 0.6) is 0 Å². The van der Waals surface area contributed by atoms with Gasteiger partial charge in [0.2, 0.25) is 0 Å². The zero-order valence-corrected chi connectivity index (χ0v) is 12.5. The first-order valence-corrected chi connectivity index (χ1v) is 7.33. The van der Waals surface area contributed by atoms with Crippen molar-refractivity contribution in [1.29, 1.82) is 0 Å². The molecule has 0 aliphatic carbocycles. The fourth-order valence-electron chi connectivity index (χ4n) is 2.65. The molecule has 1 amide bonds. The number of hydrogen-bond donors (Lipinski definition) is 2. The Bertz CT molecular complexity index is 323. The highest BCUT2D eigenvalue weighted by Crippen LogP contribution is 2.21. The quantitative estimate of drug-likeness (QED) is 0.794. The van der Waals surface area contributed by atoms with Gasteiger partial charge in [0.25, 0.3) is 0 Å². The lowest BCUT2D eigenvalue weighted by molar-refractivity contribution is 0.00585. The molecular weight excluding hydrogens is 242 g/mol. The Labute approximate surface area is 116 Å². The fourth-order valence-corrected chi connectivity index (χ4v) is 2.65. The molecule has 2 aliphatic rings. The van der Waals surface area contributed by atoms with E-state index in [-0.39, 0.29) is 12.1 Å². The van der Waals surface area contributed by atoms with Crippen molar-refractivity contribution in [2.45, 2.75) is 64.3 Å². The van der Waals surface area contributed by atoms with Crippen LogP contribution in [0.2, 0.25) is 0 Å². The predicted molar refractivity (Wildman–Crippen MR) is 75.2 cm³/mol. The van der Waals surface area contributed by atoms with Gasteiger partial charge in [-0.25, -0.2) is 4.79 Å². The number of likely N-dealkylation sites (tertiary alicyclic amines) is 1. The summed E-state index contributed by atoms with van der Waals surface area (Å²) in [6.45, 7) is 10.7. The summed E-state index contributed by atoms with van der Waals surface area (Å²) in [7, 11) is 0. The Morgan fingerprint density at radius 3 is 2.58 bits per heavy atom. The predicted octanol–water partition coefficient (Wildman–Crippen LogP) is 1.34. The van der Waals surface area contributed by atoms with Crippen LogP contribution in [0.1, 0.15) is 40.5 Å². The SMILES string of the molecule is CC1C(NC2CNC2)CCCN1C(=O)OC(C)(C)C. The maximum absolute atomic E-state index is 12.2. The molecule has 2 unspecified atom stereocenters. The molecule has 5 nitrogen and oxygen atoms in total. The van der Waals surface area contributed by atoms with E-state index in [9.17, 15) is 4.79 Å². The number of carbonyl (C=O) groups excluding carboxylic acids is 1. The summed E-state index contributed by atoms with van der Waals surface area (Å²) in [5, 5.41) is 6.90. The van der Waals surface area contributed by atoms with Crippen molar-refractivity contribution in [3.05, 3.63) is 0 Å². The molecule has 2 atom stereocenters. The van der Waals surface area contributed by atoms with Gasteiger partial charge in [-0.1, -0.05) is 0 Å². The van der Waals surface area contributed by atoms with Gasteiger partial charge in [0, 0.05) is 37.8 Å². The average molecular weight is 269 g/mol. The van der Waals surface area contributed by atoms with Crippen LogP contribution >= 0.6 is 0 Å². The molecule has 0 saturated carbocycles. The van der Waals surface area contributed by atoms with Crippen molar-refractivity contribution in [3.63, 3.8) is 0 Å². The molecule has 0 spiro atoms. The zero-order valence-electron chi connectivity index (χ0n) is 12.5. The highest BCUT2D eigenvalue weighted by atomic mass is 16.6. The minimum atomic E-state index is -0.422. The van der Waals surface area contributed by atoms with Gasteiger partial charge in [0.1, 0.15) is 5.60 Å². The molecule has 0 aromatic carbocycles. The molecule has 5 heteroatoms. The van der Waals surface area contributed by atoms with E-state index in [1.807, 2.05) is 25.7 Å². The number of amides is 1. The third-order valence-electron chi connectivity index (χ3n) is 3.85. The third-order valence-corrected chi connectivity index (χ3v) is 3.85. The van der Waals surface area contributed by atoms with E-state index < -0.39 is 5.60 Å². The zero-order chi connectivity index (χ0) is 14.0. The van der Waals surface area contributed by atoms with Crippen molar-refractivity contribution in [3.8, 4) is 0 Å². The smallest absolute Gasteiger partial charge is 0.410 e. The van der Waals surface area contributed by atoms with Crippen molar-refractivity contribution >= 4 is 6.09 Å². The van der Waals surface area contributed by atoms with E-state index in [2.05, 4.69) is 17.6 Å². The second kappa shape index (κ2) is 5.67. The molecule has 2 saturated heterocycles. The third kappa shape index (κ3) is 3.83. The van der Waals surface area contributed by atoms with Gasteiger partial charge in [-0.3, -0.25) is 0 Å². The van der Waals surface area contributed by atoms with Crippen LogP contribution < -0.4 is 10.6 Å². The summed E-state index contributed by atoms with van der Waals surface area (Å²) in [5.74, 6) is 0. The number of hydrogen-bond acceptors (Lipinski definition) is 4. The molecule has 0 bridgehead atoms. The standard InChI is InChI=1S/C14H27N3O2/c1-10-12(16-11-8-15-9-11)6-5-7-17(10)13(18)19-14(2,3)4/h10-12,15-16H,5-9H2,1-4H3. The first-order chi connectivity index (χ1) is 8.87. The van der Waals surface area contributed by atoms with E-state index in [0.29, 0.717) is 12.1 Å². The molecule has 2 fully saturated rings. The Morgan fingerprint density at radius 1 is 1.37 bits per heavy atom. The second-order valence-electron chi connectivity index (χ2n) is 6.68. The Morgan fingerprint density at radius 2 is 2.05 bits per heavy atom. The van der Waals surface area contributed by atoms with Crippen molar-refractivity contribution in [2.24, 2.45) is 0 Å². The lowest BCUT2D eigenvalue weighted by Crippen LogP contribution is -2.63. The molecule has 2 rings (SSSR count). The van der Waals surface area contributed by atoms with Gasteiger partial charge in [-0.15, -0.1) is 0 Å². The molecule has 2 aliphatic heterocycles. The van der Waals surface area contributed by atoms with Gasteiger partial charge >= 0.3 is 6.09 Å². The summed E-state index contributed by atoms with van der Waals surface area (Å²) in [5.41, 5.74) is -0.422. The van der Waals surface area contributed by atoms with Crippen molar-refractivity contribution in [2.75, 3.05) is 19.6 Å². The minimum absolute atomic E-state index is 0.182. The minimum Gasteiger partial charge on any atom is -0.444 e. The van der Waals surface area contributed by atoms with Crippen LogP contribution in [0.15, 0.2) is 0 Å². The van der Waals surface area contributed by atoms with E-state index in [1.54, 1.807) is 0 Å². The maximum atomic E-state index is 12.2. The van der Waals surface area contributed by atoms with Gasteiger partial charge in [-0.05, 0) is 40.5 Å². The summed E-state index contributed by atoms with van der Waals surface area (Å²) in [4.78, 5) is 14.1. The molecule has 0 radical (unpaired) electrons. The average Bonchev–Trinajstić information content (AvgIpc) is 2.22. The number of nitrogens with zero attached hydrogens (tertiary/aromatic N) is 1. The van der Waals surface area contributed by atoms with Crippen LogP contribution in [0.3, 0.4) is 0 Å². The molecular formula is C14H27N3O2. The Balaban J connectivity index is 1.91. The Hall–Kier alpha value is -0.810. The number of nitrogens with one attached hydrogen (secondary N) is 2. The van der Waals surface area contributed by atoms with Crippen LogP contribution in [0.25, 0.3) is 0 Å². The molecule has 2 N–H and O–H groups in total. The maximum Gasteiger partial charge on any atom is 0.410 e. The fraction of sp³-hybridized carbons (Fsp3) is 0.929. The molecule has 0 aromatic rings. The highest BCUT2D eigenvalue weighted by molar-refractivity contribution is 5.68. The summed E-state index contributed by atoms with van der Waals surface area (Å²) in [6, 6.07) is 1.14. The second-order valence-corrected chi connectivity index (χ2v) is 6.68. The number of carbonyl (C=O) groups is 1. The first-order valence-electron chi connectivity index (χ1n) is 7.33. The van der Waals surface area contributed by atoms with Crippen LogP contribution in [-0.4, -0.2) is 54.4 Å². The molecule has 19 heavy (non-hydrogen) atoms. The number of rotatable bonds is 2. The monoisotopic (exact) mass is 269 g/mol. The molecule has 110 valence electrons. The van der Waals surface area contributed by atoms with Crippen molar-refractivity contribution < 1.29 is 9.53 Å². The van der Waals surface area contributed by atoms with E-state index in [4.69, 9.17) is 4.74 Å². The van der Waals surface area contributed by atoms with Crippen LogP contribution in [0, 0.1) is 0 Å². The van der Waals surface area contributed by atoms with Crippen LogP contribution in [0.4, 0.5) is 4.79 Å². The lowest BCUT2D eigenvalue weighted by Gasteiger charge is -2.43. The number of piperidine rings is 1. The van der Waals surface area contributed by atoms with E-state index >= 15 is 0 Å². The Kier molecular flexibility index (Phi) is 4.36. The number of ether oxygens (including phenoxy) is 1. The van der Waals surface area contributed by atoms with Gasteiger partial charge in [0.15, 0.2) is 0 Å². The van der Waals surface area contributed by atoms with Gasteiger partial charge in [-0.2, -0.15) is 0 Å². The van der Waals surface area contributed by atoms with E-state index in [0.717, 1.165) is 32.5 Å². The summed E-state index contributed by atoms with van der Waals surface area (Å²) >= 11 is 0. The summed E-state index contributed by atoms with van der Waals surface area (Å²) < 4.78 is 5.49. The molecule has 2 heterocycles. The van der Waals surface area contributed by atoms with Crippen LogP contribution in [-0.2, 0) is 4.74 Å². The molecule has 0 aromatic heterocycles. The van der Waals surface area contributed by atoms with Gasteiger partial charge < -0.3 is 20.3 Å². The topological polar surface area (TPSA) is 53.6 Å².